The van der Waals surface area contributed by atoms with Gasteiger partial charge in [0.15, 0.2) is 0 Å². The smallest absolute Gasteiger partial charge is 0.364 e. The van der Waals surface area contributed by atoms with E-state index in [9.17, 15) is 160 Å². The van der Waals surface area contributed by atoms with Crippen LogP contribution in [0.25, 0.3) is 0 Å². The highest BCUT2D eigenvalue weighted by molar-refractivity contribution is 5.79. The van der Waals surface area contributed by atoms with E-state index >= 15 is 0 Å². The molecule has 5 amide bonds. The molecule has 46 heteroatoms. The summed E-state index contributed by atoms with van der Waals surface area (Å²) < 4.78 is 49.0. The van der Waals surface area contributed by atoms with Crippen molar-refractivity contribution in [3.8, 4) is 0 Å². The van der Waals surface area contributed by atoms with E-state index in [0.717, 1.165) is 34.6 Å². The van der Waals surface area contributed by atoms with Crippen molar-refractivity contribution in [2.24, 2.45) is 0 Å². The minimum absolute atomic E-state index is 0.838. The zero-order valence-corrected chi connectivity index (χ0v) is 54.1. The number of amides is 5. The monoisotopic (exact) mass is 1470 g/mol. The highest BCUT2D eigenvalue weighted by Crippen LogP contribution is 2.40. The number of rotatable bonds is 33. The van der Waals surface area contributed by atoms with Crippen molar-refractivity contribution < 1.29 is 203 Å². The molecular weight excluding hydrogens is 1390 g/mol. The second-order valence-corrected chi connectivity index (χ2v) is 24.9. The third kappa shape index (κ3) is 19.7. The van der Waals surface area contributed by atoms with E-state index < -0.39 is 306 Å². The summed E-state index contributed by atoms with van der Waals surface area (Å²) in [5.74, 6) is -32.2. The predicted octanol–water partition coefficient (Wildman–Crippen LogP) is -15.2. The minimum atomic E-state index is -3.41. The number of aliphatic carboxylic acids is 5. The summed E-state index contributed by atoms with van der Waals surface area (Å²) >= 11 is 0. The Hall–Kier alpha value is -6.34. The van der Waals surface area contributed by atoms with Crippen molar-refractivity contribution in [2.45, 2.75) is 248 Å². The Kier molecular flexibility index (Phi) is 29.1. The molecule has 5 fully saturated rings. The van der Waals surface area contributed by atoms with Gasteiger partial charge < -0.3 is 182 Å². The molecule has 0 radical (unpaired) electrons. The molecule has 0 unspecified atom stereocenters. The Labute approximate surface area is 568 Å². The number of carbonyl (C=O) groups excluding carboxylic acids is 5. The molecule has 0 aromatic rings. The van der Waals surface area contributed by atoms with E-state index in [-0.39, 0.29) is 0 Å². The lowest BCUT2D eigenvalue weighted by Crippen LogP contribution is -2.70. The van der Waals surface area contributed by atoms with Crippen LogP contribution in [0.5, 0.6) is 0 Å². The van der Waals surface area contributed by atoms with Crippen LogP contribution in [-0.2, 0) is 90.6 Å². The Bertz CT molecular complexity index is 2940. The number of aliphatic hydroxyl groups is 17. The summed E-state index contributed by atoms with van der Waals surface area (Å²) in [6.07, 6.45) is -53.7. The first-order valence-electron chi connectivity index (χ1n) is 30.7. The van der Waals surface area contributed by atoms with Crippen LogP contribution in [-0.4, -0.2) is 386 Å². The SMILES string of the molecule is CC(=O)N[C@H]1[C@H]([C@H](O)[C@H](O)CO)O[C@@](OC[C@@H](O)[C@@H](O)[C@@H]2O[C@@](OC[C@@H](O)[C@@H](O)[C@@H]3O[C@@](OC[C@@H](O)[C@@H](O)[C@@H]4O[C@@](OC[C@@H](O)[C@@H](O)[C@@H]5O[C@@](O)(C(=O)O)C[C@H](O)[C@H]5NC(C)=O)(C(=O)O)C[C@H](O)[C@H]4NC(C)=O)(C(=O)O)C[C@H](O)[C@H]3NC(C)=O)(C(=O)O)C[C@H](O)[C@H]2NC(C)=O)(C(=O)O)C[C@@H]1O. The number of hydrogen-bond acceptors (Lipinski definition) is 36. The van der Waals surface area contributed by atoms with Gasteiger partial charge in [0.05, 0.1) is 93.8 Å². The van der Waals surface area contributed by atoms with Gasteiger partial charge in [-0.05, 0) is 0 Å². The number of carbonyl (C=O) groups is 10. The number of carboxylic acid groups (broad SMARTS) is 5. The summed E-state index contributed by atoms with van der Waals surface area (Å²) in [7, 11) is 0. The van der Waals surface area contributed by atoms with Gasteiger partial charge in [-0.2, -0.15) is 0 Å². The molecule has 5 aliphatic heterocycles. The van der Waals surface area contributed by atoms with Gasteiger partial charge >= 0.3 is 29.8 Å². The molecular formula is C55H87N5O41. The van der Waals surface area contributed by atoms with Gasteiger partial charge in [0, 0.05) is 66.7 Å². The zero-order valence-electron chi connectivity index (χ0n) is 54.1. The van der Waals surface area contributed by atoms with E-state index in [0.29, 0.717) is 0 Å². The Balaban J connectivity index is 1.38. The van der Waals surface area contributed by atoms with Gasteiger partial charge in [-0.3, -0.25) is 24.0 Å². The lowest BCUT2D eigenvalue weighted by atomic mass is 9.87. The van der Waals surface area contributed by atoms with Crippen LogP contribution < -0.4 is 26.6 Å². The predicted molar refractivity (Wildman–Crippen MR) is 311 cm³/mol. The van der Waals surface area contributed by atoms with Crippen LogP contribution >= 0.6 is 0 Å². The molecule has 46 nitrogen and oxygen atoms in total. The van der Waals surface area contributed by atoms with Crippen LogP contribution in [0.4, 0.5) is 0 Å². The van der Waals surface area contributed by atoms with Crippen LogP contribution in [0, 0.1) is 0 Å². The molecule has 30 atom stereocenters. The van der Waals surface area contributed by atoms with Crippen molar-refractivity contribution in [3.05, 3.63) is 0 Å². The molecule has 101 heavy (non-hydrogen) atoms. The normalized spacial score (nSPS) is 37.5. The van der Waals surface area contributed by atoms with Crippen LogP contribution in [0.15, 0.2) is 0 Å². The largest absolute Gasteiger partial charge is 0.477 e. The molecule has 0 aromatic carbocycles. The molecule has 0 aliphatic carbocycles. The Morgan fingerprint density at radius 1 is 0.337 bits per heavy atom. The first-order valence-corrected chi connectivity index (χ1v) is 30.7. The minimum Gasteiger partial charge on any atom is -0.477 e. The maximum atomic E-state index is 13.2. The summed E-state index contributed by atoms with van der Waals surface area (Å²) in [4.78, 5) is 125. The fourth-order valence-electron chi connectivity index (χ4n) is 12.1. The molecule has 0 spiro atoms. The van der Waals surface area contributed by atoms with Crippen LogP contribution in [0.3, 0.4) is 0 Å². The van der Waals surface area contributed by atoms with E-state index in [4.69, 9.17) is 42.6 Å². The van der Waals surface area contributed by atoms with Crippen molar-refractivity contribution in [1.29, 1.82) is 0 Å². The number of ether oxygens (including phenoxy) is 9. The summed E-state index contributed by atoms with van der Waals surface area (Å²) in [6, 6.07) is -9.39. The molecule has 0 bridgehead atoms. The quantitative estimate of drug-likeness (QED) is 0.0290. The van der Waals surface area contributed by atoms with Gasteiger partial charge in [-0.25, -0.2) is 24.0 Å². The Morgan fingerprint density at radius 2 is 0.525 bits per heavy atom. The number of hydrogen-bond donors (Lipinski definition) is 27. The van der Waals surface area contributed by atoms with E-state index in [1.807, 2.05) is 0 Å². The average molecular weight is 1470 g/mol. The first kappa shape index (κ1) is 85.3. The molecule has 0 saturated carbocycles. The molecule has 5 aliphatic rings. The molecule has 5 saturated heterocycles. The number of carboxylic acids is 5. The van der Waals surface area contributed by atoms with Crippen LogP contribution in [0.1, 0.15) is 66.7 Å². The van der Waals surface area contributed by atoms with Gasteiger partial charge in [0.2, 0.25) is 29.5 Å². The molecule has 578 valence electrons. The van der Waals surface area contributed by atoms with E-state index in [1.54, 1.807) is 0 Å². The topological polar surface area (TPSA) is 759 Å². The van der Waals surface area contributed by atoms with Crippen molar-refractivity contribution in [2.75, 3.05) is 33.0 Å². The van der Waals surface area contributed by atoms with Gasteiger partial charge in [-0.15, -0.1) is 0 Å². The van der Waals surface area contributed by atoms with Gasteiger partial charge in [0.1, 0.15) is 91.6 Å². The second kappa shape index (κ2) is 34.5. The fourth-order valence-corrected chi connectivity index (χ4v) is 12.1. The Morgan fingerprint density at radius 3 is 0.703 bits per heavy atom. The van der Waals surface area contributed by atoms with Crippen molar-refractivity contribution in [3.63, 3.8) is 0 Å². The number of nitrogens with one attached hydrogen (secondary N) is 5. The molecule has 5 heterocycles. The highest BCUT2D eigenvalue weighted by Gasteiger charge is 2.63. The molecule has 5 rings (SSSR count). The third-order valence-electron chi connectivity index (χ3n) is 17.2. The van der Waals surface area contributed by atoms with E-state index in [2.05, 4.69) is 26.6 Å². The molecule has 0 aromatic heterocycles. The maximum Gasteiger partial charge on any atom is 0.364 e. The standard InChI is InChI=1S/C55H87N5O41/c1-16(62)56-31-21(67)6-51(92,46(82)83)97-41(31)37(78)27(73)12-93-53(48(86)87)8-23(69)33(58-18(3)64)43(99-53)39(80)29(75)14-95-55(50(90)91)10-25(71)35(60-20(5)66)45(101-55)40(81)30(76)15-96-54(49(88)89)9-24(70)34(59-19(4)65)44(100-54)38(79)28(74)13-94-52(47(84)85)7-22(68)32(57-17(2)63)42(98-52)36(77)26(72)11-61/h21-45,61,67-81,92H,6-15H2,1-5H3,(H,56,62)(H,57,63)(H,58,64)(H,59,65)(H,60,66)(H,82,83)(H,84,85)(H,86,87)(H,88,89)(H,90,91)/t21-,22-,23-,24-,25-,26+,27+,28+,29+,30+,31+,32+,33+,34+,35+,36+,37+,38+,39+,40+,41+,42+,43+,44+,45+,51+,52+,53+,54+,55+/m0/s1. The lowest BCUT2D eigenvalue weighted by Gasteiger charge is -2.48. The zero-order chi connectivity index (χ0) is 76.7. The first-order chi connectivity index (χ1) is 46.7. The maximum absolute atomic E-state index is 13.2. The average Bonchev–Trinajstić information content (AvgIpc) is 0.784. The van der Waals surface area contributed by atoms with Crippen LogP contribution in [0.2, 0.25) is 0 Å². The summed E-state index contributed by atoms with van der Waals surface area (Å²) in [5, 5.41) is 251. The summed E-state index contributed by atoms with van der Waals surface area (Å²) in [6.45, 7) is -2.76. The van der Waals surface area contributed by atoms with E-state index in [1.165, 1.54) is 0 Å². The highest BCUT2D eigenvalue weighted by atomic mass is 16.8. The number of aliphatic hydroxyl groups excluding tert-OH is 16. The lowest BCUT2D eigenvalue weighted by molar-refractivity contribution is -0.334. The molecule has 27 N–H and O–H groups in total. The summed E-state index contributed by atoms with van der Waals surface area (Å²) in [5.41, 5.74) is 0. The van der Waals surface area contributed by atoms with Gasteiger partial charge in [-0.1, -0.05) is 0 Å². The second-order valence-electron chi connectivity index (χ2n) is 24.9. The van der Waals surface area contributed by atoms with Gasteiger partial charge in [0.25, 0.3) is 28.9 Å². The van der Waals surface area contributed by atoms with Crippen molar-refractivity contribution >= 4 is 59.4 Å². The van der Waals surface area contributed by atoms with Crippen molar-refractivity contribution in [1.82, 2.24) is 26.6 Å². The third-order valence-corrected chi connectivity index (χ3v) is 17.2. The fraction of sp³-hybridized carbons (Fsp3) is 0.818.